The lowest BCUT2D eigenvalue weighted by atomic mass is 10.4. The van der Waals surface area contributed by atoms with Crippen LogP contribution in [0.3, 0.4) is 0 Å². The number of hydrogen-bond donors (Lipinski definition) is 1. The molecule has 0 aliphatic heterocycles. The van der Waals surface area contributed by atoms with Gasteiger partial charge in [0.15, 0.2) is 5.11 Å². The zero-order valence-electron chi connectivity index (χ0n) is 10.8. The van der Waals surface area contributed by atoms with Gasteiger partial charge in [-0.3, -0.25) is 0 Å². The standard InChI is InChI=1S/C11H21F3N2OS/c1-3-7-16(9-11(12,13)14)10(18)15-6-5-8-17-4-2/h3-9H2,1-2H3,(H,15,18). The molecular formula is C11H21F3N2OS. The molecule has 0 aromatic carbocycles. The fourth-order valence-electron chi connectivity index (χ4n) is 1.36. The molecule has 3 nitrogen and oxygen atoms in total. The number of nitrogens with zero attached hydrogens (tertiary/aromatic N) is 1. The first-order valence-corrected chi connectivity index (χ1v) is 6.48. The van der Waals surface area contributed by atoms with E-state index >= 15 is 0 Å². The first-order chi connectivity index (χ1) is 8.40. The van der Waals surface area contributed by atoms with Gasteiger partial charge in [-0.1, -0.05) is 6.92 Å². The van der Waals surface area contributed by atoms with Crippen LogP contribution in [0, 0.1) is 0 Å². The van der Waals surface area contributed by atoms with Crippen molar-refractivity contribution >= 4 is 17.3 Å². The smallest absolute Gasteiger partial charge is 0.382 e. The summed E-state index contributed by atoms with van der Waals surface area (Å²) in [6.07, 6.45) is -2.89. The van der Waals surface area contributed by atoms with Gasteiger partial charge in [0, 0.05) is 26.3 Å². The fraction of sp³-hybridized carbons (Fsp3) is 0.909. The van der Waals surface area contributed by atoms with Crippen LogP contribution in [0.15, 0.2) is 0 Å². The zero-order valence-corrected chi connectivity index (χ0v) is 11.7. The van der Waals surface area contributed by atoms with Crippen molar-refractivity contribution in [3.8, 4) is 0 Å². The molecule has 0 rings (SSSR count). The highest BCUT2D eigenvalue weighted by atomic mass is 32.1. The molecule has 1 N–H and O–H groups in total. The molecule has 0 fully saturated rings. The minimum absolute atomic E-state index is 0.158. The molecule has 0 saturated heterocycles. The van der Waals surface area contributed by atoms with Crippen LogP contribution in [-0.4, -0.2) is 49.0 Å². The van der Waals surface area contributed by atoms with Crippen LogP contribution >= 0.6 is 12.2 Å². The Morgan fingerprint density at radius 2 is 2.00 bits per heavy atom. The van der Waals surface area contributed by atoms with Crippen molar-refractivity contribution in [2.75, 3.05) is 32.8 Å². The Labute approximate surface area is 112 Å². The lowest BCUT2D eigenvalue weighted by molar-refractivity contribution is -0.137. The van der Waals surface area contributed by atoms with E-state index in [2.05, 4.69) is 5.32 Å². The molecule has 0 spiro atoms. The van der Waals surface area contributed by atoms with Crippen molar-refractivity contribution in [1.29, 1.82) is 0 Å². The van der Waals surface area contributed by atoms with Gasteiger partial charge in [-0.15, -0.1) is 0 Å². The fourth-order valence-corrected chi connectivity index (χ4v) is 1.62. The highest BCUT2D eigenvalue weighted by molar-refractivity contribution is 7.80. The van der Waals surface area contributed by atoms with Crippen molar-refractivity contribution in [2.24, 2.45) is 0 Å². The Balaban J connectivity index is 3.99. The van der Waals surface area contributed by atoms with Gasteiger partial charge in [-0.25, -0.2) is 0 Å². The van der Waals surface area contributed by atoms with Gasteiger partial charge in [0.2, 0.25) is 0 Å². The summed E-state index contributed by atoms with van der Waals surface area (Å²) >= 11 is 4.96. The van der Waals surface area contributed by atoms with Crippen LogP contribution in [-0.2, 0) is 4.74 Å². The third kappa shape index (κ3) is 9.47. The van der Waals surface area contributed by atoms with Gasteiger partial charge >= 0.3 is 6.18 Å². The summed E-state index contributed by atoms with van der Waals surface area (Å²) in [4.78, 5) is 1.15. The highest BCUT2D eigenvalue weighted by Crippen LogP contribution is 2.16. The third-order valence-corrected chi connectivity index (χ3v) is 2.50. The molecule has 0 amide bonds. The predicted octanol–water partition coefficient (Wildman–Crippen LogP) is 2.56. The van der Waals surface area contributed by atoms with E-state index in [9.17, 15) is 13.2 Å². The molecule has 0 aromatic heterocycles. The summed E-state index contributed by atoms with van der Waals surface area (Å²) < 4.78 is 42.1. The zero-order chi connectivity index (χ0) is 14.0. The number of alkyl halides is 3. The molecule has 0 aromatic rings. The van der Waals surface area contributed by atoms with E-state index in [1.807, 2.05) is 13.8 Å². The van der Waals surface area contributed by atoms with E-state index in [0.29, 0.717) is 32.7 Å². The van der Waals surface area contributed by atoms with Crippen LogP contribution in [0.1, 0.15) is 26.7 Å². The molecule has 0 aliphatic rings. The van der Waals surface area contributed by atoms with Crippen LogP contribution in [0.5, 0.6) is 0 Å². The summed E-state index contributed by atoms with van der Waals surface area (Å²) in [5.41, 5.74) is 0. The molecule has 0 heterocycles. The second-order valence-corrected chi connectivity index (χ2v) is 4.21. The maximum atomic E-state index is 12.3. The monoisotopic (exact) mass is 286 g/mol. The van der Waals surface area contributed by atoms with Crippen molar-refractivity contribution in [3.05, 3.63) is 0 Å². The van der Waals surface area contributed by atoms with Crippen molar-refractivity contribution < 1.29 is 17.9 Å². The molecule has 0 radical (unpaired) electrons. The molecule has 0 bridgehead atoms. The molecular weight excluding hydrogens is 265 g/mol. The minimum atomic E-state index is -4.23. The number of nitrogens with one attached hydrogen (secondary N) is 1. The third-order valence-electron chi connectivity index (χ3n) is 2.10. The van der Waals surface area contributed by atoms with Gasteiger partial charge in [-0.05, 0) is 32.0 Å². The van der Waals surface area contributed by atoms with E-state index in [1.165, 1.54) is 0 Å². The quantitative estimate of drug-likeness (QED) is 0.547. The normalized spacial score (nSPS) is 11.4. The summed E-state index contributed by atoms with van der Waals surface area (Å²) in [6, 6.07) is 0. The molecule has 108 valence electrons. The Bertz CT molecular complexity index is 237. The van der Waals surface area contributed by atoms with Crippen LogP contribution in [0.4, 0.5) is 13.2 Å². The van der Waals surface area contributed by atoms with Crippen molar-refractivity contribution in [3.63, 3.8) is 0 Å². The molecule has 0 aliphatic carbocycles. The van der Waals surface area contributed by atoms with E-state index < -0.39 is 12.7 Å². The summed E-state index contributed by atoms with van der Waals surface area (Å²) in [5, 5.41) is 2.98. The molecule has 7 heteroatoms. The highest BCUT2D eigenvalue weighted by Gasteiger charge is 2.31. The van der Waals surface area contributed by atoms with E-state index in [-0.39, 0.29) is 5.11 Å². The van der Waals surface area contributed by atoms with Crippen molar-refractivity contribution in [1.82, 2.24) is 10.2 Å². The number of halogens is 3. The Morgan fingerprint density at radius 3 is 2.50 bits per heavy atom. The Hall–Kier alpha value is -0.560. The van der Waals surface area contributed by atoms with Gasteiger partial charge < -0.3 is 15.0 Å². The van der Waals surface area contributed by atoms with Crippen molar-refractivity contribution in [2.45, 2.75) is 32.9 Å². The molecule has 0 atom stereocenters. The second kappa shape index (κ2) is 9.38. The topological polar surface area (TPSA) is 24.5 Å². The van der Waals surface area contributed by atoms with E-state index in [0.717, 1.165) is 11.3 Å². The number of hydrogen-bond acceptors (Lipinski definition) is 2. The number of thiocarbonyl (C=S) groups is 1. The Kier molecular flexibility index (Phi) is 9.09. The molecule has 0 unspecified atom stereocenters. The first-order valence-electron chi connectivity index (χ1n) is 6.08. The Morgan fingerprint density at radius 1 is 1.33 bits per heavy atom. The lowest BCUT2D eigenvalue weighted by Crippen LogP contribution is -2.45. The second-order valence-electron chi connectivity index (χ2n) is 3.82. The number of ether oxygens (including phenoxy) is 1. The maximum Gasteiger partial charge on any atom is 0.406 e. The van der Waals surface area contributed by atoms with Gasteiger partial charge in [0.25, 0.3) is 0 Å². The van der Waals surface area contributed by atoms with Gasteiger partial charge in [-0.2, -0.15) is 13.2 Å². The molecule has 0 saturated carbocycles. The largest absolute Gasteiger partial charge is 0.406 e. The average Bonchev–Trinajstić information content (AvgIpc) is 2.26. The minimum Gasteiger partial charge on any atom is -0.382 e. The van der Waals surface area contributed by atoms with E-state index in [4.69, 9.17) is 17.0 Å². The summed E-state index contributed by atoms with van der Waals surface area (Å²) in [5.74, 6) is 0. The van der Waals surface area contributed by atoms with Crippen LogP contribution in [0.25, 0.3) is 0 Å². The summed E-state index contributed by atoms with van der Waals surface area (Å²) in [6.45, 7) is 4.76. The van der Waals surface area contributed by atoms with Gasteiger partial charge in [0.1, 0.15) is 6.54 Å². The summed E-state index contributed by atoms with van der Waals surface area (Å²) in [7, 11) is 0. The van der Waals surface area contributed by atoms with Crippen LogP contribution in [0.2, 0.25) is 0 Å². The average molecular weight is 286 g/mol. The van der Waals surface area contributed by atoms with Crippen LogP contribution < -0.4 is 5.32 Å². The number of rotatable bonds is 8. The molecule has 18 heavy (non-hydrogen) atoms. The maximum absolute atomic E-state index is 12.3. The van der Waals surface area contributed by atoms with Gasteiger partial charge in [0.05, 0.1) is 0 Å². The lowest BCUT2D eigenvalue weighted by Gasteiger charge is -2.26. The predicted molar refractivity (Wildman–Crippen MR) is 69.6 cm³/mol. The van der Waals surface area contributed by atoms with E-state index in [1.54, 1.807) is 0 Å². The first kappa shape index (κ1) is 17.4. The SMILES string of the molecule is CCCN(CC(F)(F)F)C(=S)NCCCOCC.